The zero-order chi connectivity index (χ0) is 23.2. The lowest BCUT2D eigenvalue weighted by Crippen LogP contribution is -2.65. The van der Waals surface area contributed by atoms with E-state index in [9.17, 15) is 30.0 Å². The maximum absolute atomic E-state index is 12.3. The van der Waals surface area contributed by atoms with Crippen LogP contribution in [0.5, 0.6) is 0 Å². The van der Waals surface area contributed by atoms with Crippen molar-refractivity contribution in [2.75, 3.05) is 6.61 Å². The quantitative estimate of drug-likeness (QED) is 0.186. The van der Waals surface area contributed by atoms with Crippen LogP contribution in [0.3, 0.4) is 0 Å². The SMILES string of the molecule is CCCCCCCCCCC[C@@H](O)CC(=O)O[C@H]1[C@H](O)[C@@H](CO)OC(O)[C@@H]1NC(C)=O. The van der Waals surface area contributed by atoms with Crippen molar-refractivity contribution in [2.24, 2.45) is 0 Å². The number of hydrogen-bond acceptors (Lipinski definition) is 8. The first-order valence-electron chi connectivity index (χ1n) is 11.6. The van der Waals surface area contributed by atoms with Crippen LogP contribution in [0.4, 0.5) is 0 Å². The number of ether oxygens (including phenoxy) is 2. The van der Waals surface area contributed by atoms with Crippen molar-refractivity contribution in [3.8, 4) is 0 Å². The van der Waals surface area contributed by atoms with Gasteiger partial charge in [-0.25, -0.2) is 0 Å². The largest absolute Gasteiger partial charge is 0.457 e. The van der Waals surface area contributed by atoms with Gasteiger partial charge in [-0.15, -0.1) is 0 Å². The standard InChI is InChI=1S/C22H41NO8/c1-3-4-5-6-7-8-9-10-11-12-16(26)13-18(27)31-21-19(23-15(2)25)22(29)30-17(14-24)20(21)28/h16-17,19-22,24,26,28-29H,3-14H2,1-2H3,(H,23,25)/t16-,17-,19-,20-,21-,22?/m1/s1. The summed E-state index contributed by atoms with van der Waals surface area (Å²) in [7, 11) is 0. The number of amides is 1. The number of esters is 1. The van der Waals surface area contributed by atoms with Crippen LogP contribution >= 0.6 is 0 Å². The number of carbonyl (C=O) groups is 2. The number of aliphatic hydroxyl groups excluding tert-OH is 4. The van der Waals surface area contributed by atoms with Crippen LogP contribution < -0.4 is 5.32 Å². The zero-order valence-corrected chi connectivity index (χ0v) is 18.9. The van der Waals surface area contributed by atoms with Crippen molar-refractivity contribution in [1.29, 1.82) is 0 Å². The van der Waals surface area contributed by atoms with E-state index >= 15 is 0 Å². The smallest absolute Gasteiger partial charge is 0.308 e. The number of hydrogen-bond donors (Lipinski definition) is 5. The molecule has 1 amide bonds. The lowest BCUT2D eigenvalue weighted by Gasteiger charge is -2.42. The number of carbonyl (C=O) groups excluding carboxylic acids is 2. The van der Waals surface area contributed by atoms with E-state index in [1.54, 1.807) is 0 Å². The van der Waals surface area contributed by atoms with Crippen LogP contribution in [0.15, 0.2) is 0 Å². The molecule has 1 aliphatic rings. The van der Waals surface area contributed by atoms with Gasteiger partial charge in [-0.3, -0.25) is 9.59 Å². The molecule has 31 heavy (non-hydrogen) atoms. The van der Waals surface area contributed by atoms with Gasteiger partial charge in [0.15, 0.2) is 12.4 Å². The number of nitrogens with one attached hydrogen (secondary N) is 1. The highest BCUT2D eigenvalue weighted by molar-refractivity contribution is 5.73. The Morgan fingerprint density at radius 1 is 1.03 bits per heavy atom. The van der Waals surface area contributed by atoms with Crippen LogP contribution in [0, 0.1) is 0 Å². The van der Waals surface area contributed by atoms with Gasteiger partial charge in [0.2, 0.25) is 5.91 Å². The lowest BCUT2D eigenvalue weighted by molar-refractivity contribution is -0.259. The van der Waals surface area contributed by atoms with Gasteiger partial charge in [0.25, 0.3) is 0 Å². The third-order valence-electron chi connectivity index (χ3n) is 5.55. The monoisotopic (exact) mass is 447 g/mol. The van der Waals surface area contributed by atoms with E-state index in [0.717, 1.165) is 19.3 Å². The molecular formula is C22H41NO8. The second kappa shape index (κ2) is 15.5. The lowest BCUT2D eigenvalue weighted by atomic mass is 9.96. The Bertz CT molecular complexity index is 518. The van der Waals surface area contributed by atoms with Crippen LogP contribution in [0.2, 0.25) is 0 Å². The molecule has 0 radical (unpaired) electrons. The van der Waals surface area contributed by atoms with Crippen molar-refractivity contribution >= 4 is 11.9 Å². The fourth-order valence-electron chi connectivity index (χ4n) is 3.80. The first-order chi connectivity index (χ1) is 14.8. The third kappa shape index (κ3) is 10.7. The molecule has 6 atom stereocenters. The summed E-state index contributed by atoms with van der Waals surface area (Å²) in [6, 6.07) is -1.19. The average Bonchev–Trinajstić information content (AvgIpc) is 2.71. The predicted molar refractivity (Wildman–Crippen MR) is 114 cm³/mol. The first kappa shape index (κ1) is 27.8. The van der Waals surface area contributed by atoms with Crippen molar-refractivity contribution < 1.29 is 39.5 Å². The first-order valence-corrected chi connectivity index (χ1v) is 11.6. The molecule has 0 aromatic rings. The van der Waals surface area contributed by atoms with Crippen LogP contribution in [0.25, 0.3) is 0 Å². The van der Waals surface area contributed by atoms with Crippen LogP contribution in [0.1, 0.15) is 84.5 Å². The molecule has 0 bridgehead atoms. The summed E-state index contributed by atoms with van der Waals surface area (Å²) in [6.07, 6.45) is 4.29. The minimum Gasteiger partial charge on any atom is -0.457 e. The van der Waals surface area contributed by atoms with Gasteiger partial charge in [-0.05, 0) is 6.42 Å². The minimum atomic E-state index is -1.56. The minimum absolute atomic E-state index is 0.256. The Balaban J connectivity index is 2.37. The van der Waals surface area contributed by atoms with E-state index in [1.165, 1.54) is 45.4 Å². The normalized spacial score (nSPS) is 27.0. The highest BCUT2D eigenvalue weighted by Crippen LogP contribution is 2.23. The van der Waals surface area contributed by atoms with Crippen molar-refractivity contribution in [1.82, 2.24) is 5.32 Å². The molecule has 0 saturated carbocycles. The van der Waals surface area contributed by atoms with E-state index in [0.29, 0.717) is 6.42 Å². The van der Waals surface area contributed by atoms with Gasteiger partial charge in [0.1, 0.15) is 18.2 Å². The molecular weight excluding hydrogens is 406 g/mol. The van der Waals surface area contributed by atoms with Gasteiger partial charge in [0, 0.05) is 6.92 Å². The number of aliphatic hydroxyl groups is 4. The van der Waals surface area contributed by atoms with E-state index in [1.807, 2.05) is 0 Å². The Kier molecular flexibility index (Phi) is 13.9. The fourth-order valence-corrected chi connectivity index (χ4v) is 3.80. The molecule has 182 valence electrons. The van der Waals surface area contributed by atoms with Gasteiger partial charge >= 0.3 is 5.97 Å². The second-order valence-corrected chi connectivity index (χ2v) is 8.39. The molecule has 1 unspecified atom stereocenters. The molecule has 0 aliphatic carbocycles. The molecule has 9 heteroatoms. The summed E-state index contributed by atoms with van der Waals surface area (Å²) >= 11 is 0. The molecule has 0 aromatic carbocycles. The van der Waals surface area contributed by atoms with E-state index in [4.69, 9.17) is 9.47 Å². The summed E-state index contributed by atoms with van der Waals surface area (Å²) in [6.45, 7) is 2.81. The molecule has 1 aliphatic heterocycles. The van der Waals surface area contributed by atoms with Crippen LogP contribution in [-0.2, 0) is 19.1 Å². The van der Waals surface area contributed by atoms with Crippen molar-refractivity contribution in [3.05, 3.63) is 0 Å². The molecule has 1 saturated heterocycles. The summed E-state index contributed by atoms with van der Waals surface area (Å²) in [5.74, 6) is -1.26. The molecule has 0 spiro atoms. The Labute approximate surface area is 185 Å². The third-order valence-corrected chi connectivity index (χ3v) is 5.55. The van der Waals surface area contributed by atoms with Crippen LogP contribution in [-0.4, -0.2) is 75.7 Å². The average molecular weight is 448 g/mol. The summed E-state index contributed by atoms with van der Waals surface area (Å²) in [5.41, 5.74) is 0. The summed E-state index contributed by atoms with van der Waals surface area (Å²) in [4.78, 5) is 23.7. The number of rotatable bonds is 15. The molecule has 0 aromatic heterocycles. The van der Waals surface area contributed by atoms with E-state index < -0.39 is 55.2 Å². The predicted octanol–water partition coefficient (Wildman–Crippen LogP) is 1.15. The highest BCUT2D eigenvalue weighted by Gasteiger charge is 2.47. The molecule has 9 nitrogen and oxygen atoms in total. The molecule has 1 fully saturated rings. The van der Waals surface area contributed by atoms with Gasteiger partial charge in [-0.1, -0.05) is 64.7 Å². The summed E-state index contributed by atoms with van der Waals surface area (Å²) in [5, 5.41) is 42.2. The van der Waals surface area contributed by atoms with E-state index in [-0.39, 0.29) is 6.42 Å². The molecule has 1 heterocycles. The topological polar surface area (TPSA) is 146 Å². The maximum Gasteiger partial charge on any atom is 0.308 e. The van der Waals surface area contributed by atoms with Crippen molar-refractivity contribution in [3.63, 3.8) is 0 Å². The fraction of sp³-hybridized carbons (Fsp3) is 0.909. The van der Waals surface area contributed by atoms with Gasteiger partial charge < -0.3 is 35.2 Å². The second-order valence-electron chi connectivity index (χ2n) is 8.39. The molecule has 1 rings (SSSR count). The Hall–Kier alpha value is -1.26. The van der Waals surface area contributed by atoms with Gasteiger partial charge in [-0.2, -0.15) is 0 Å². The summed E-state index contributed by atoms with van der Waals surface area (Å²) < 4.78 is 10.3. The highest BCUT2D eigenvalue weighted by atomic mass is 16.6. The molecule has 5 N–H and O–H groups in total. The Morgan fingerprint density at radius 3 is 2.16 bits per heavy atom. The Morgan fingerprint density at radius 2 is 1.61 bits per heavy atom. The van der Waals surface area contributed by atoms with Crippen molar-refractivity contribution in [2.45, 2.75) is 121 Å². The number of unbranched alkanes of at least 4 members (excludes halogenated alkanes) is 8. The maximum atomic E-state index is 12.3. The van der Waals surface area contributed by atoms with Gasteiger partial charge in [0.05, 0.1) is 19.1 Å². The van der Waals surface area contributed by atoms with E-state index in [2.05, 4.69) is 12.2 Å². The zero-order valence-electron chi connectivity index (χ0n) is 18.9.